The Balaban J connectivity index is 5.05. The number of aliphatic hydroxyl groups is 1. The maximum Gasteiger partial charge on any atom is 0.326 e. The lowest BCUT2D eigenvalue weighted by Crippen LogP contribution is -2.59. The summed E-state index contributed by atoms with van der Waals surface area (Å²) in [6.45, 7) is 6.01. The van der Waals surface area contributed by atoms with Gasteiger partial charge in [-0.1, -0.05) is 13.8 Å². The van der Waals surface area contributed by atoms with E-state index in [1.165, 1.54) is 13.8 Å². The van der Waals surface area contributed by atoms with E-state index in [1.807, 2.05) is 0 Å². The molecule has 5 atom stereocenters. The van der Waals surface area contributed by atoms with Gasteiger partial charge in [-0.2, -0.15) is 0 Å². The normalized spacial score (nSPS) is 16.1. The van der Waals surface area contributed by atoms with Crippen LogP contribution in [0.5, 0.6) is 0 Å². The average molecular weight is 418 g/mol. The van der Waals surface area contributed by atoms with Crippen molar-refractivity contribution in [2.24, 2.45) is 11.7 Å². The van der Waals surface area contributed by atoms with Crippen LogP contribution in [0.1, 0.15) is 40.5 Å². The van der Waals surface area contributed by atoms with E-state index in [1.54, 1.807) is 13.8 Å². The van der Waals surface area contributed by atoms with Crippen LogP contribution in [0.4, 0.5) is 0 Å². The van der Waals surface area contributed by atoms with Crippen molar-refractivity contribution >= 4 is 29.7 Å². The van der Waals surface area contributed by atoms with Gasteiger partial charge in [-0.25, -0.2) is 4.79 Å². The number of carboxylic acid groups (broad SMARTS) is 2. The van der Waals surface area contributed by atoms with E-state index < -0.39 is 66.4 Å². The van der Waals surface area contributed by atoms with Crippen LogP contribution in [0.2, 0.25) is 0 Å². The van der Waals surface area contributed by atoms with Gasteiger partial charge in [-0.15, -0.1) is 0 Å². The molecule has 12 nitrogen and oxygen atoms in total. The minimum atomic E-state index is -1.52. The molecule has 8 N–H and O–H groups in total. The fraction of sp³-hybridized carbons (Fsp3) is 0.706. The first-order valence-electron chi connectivity index (χ1n) is 9.07. The van der Waals surface area contributed by atoms with E-state index >= 15 is 0 Å². The molecule has 0 aromatic rings. The first-order valence-corrected chi connectivity index (χ1v) is 9.07. The topological polar surface area (TPSA) is 208 Å². The van der Waals surface area contributed by atoms with Crippen LogP contribution in [-0.4, -0.2) is 75.3 Å². The lowest BCUT2D eigenvalue weighted by atomic mass is 10.0. The van der Waals surface area contributed by atoms with Gasteiger partial charge in [0.05, 0.1) is 12.1 Å². The van der Waals surface area contributed by atoms with Crippen LogP contribution >= 0.6 is 0 Å². The number of hydrogen-bond acceptors (Lipinski definition) is 7. The van der Waals surface area contributed by atoms with Crippen molar-refractivity contribution < 1.29 is 39.3 Å². The van der Waals surface area contributed by atoms with Gasteiger partial charge in [0.15, 0.2) is 0 Å². The fourth-order valence-corrected chi connectivity index (χ4v) is 2.15. The molecule has 29 heavy (non-hydrogen) atoms. The number of amides is 3. The molecule has 12 heteroatoms. The van der Waals surface area contributed by atoms with Crippen LogP contribution in [0, 0.1) is 5.92 Å². The minimum absolute atomic E-state index is 0.167. The van der Waals surface area contributed by atoms with Gasteiger partial charge >= 0.3 is 11.9 Å². The number of carbonyl (C=O) groups is 5. The molecule has 0 aromatic heterocycles. The maximum atomic E-state index is 12.3. The summed E-state index contributed by atoms with van der Waals surface area (Å²) in [5, 5.41) is 34.3. The molecule has 0 saturated carbocycles. The SMILES string of the molecule is CC(NC(=O)C(N)C(C)C)C(=O)NC(C(=O)NC(CCC(=O)O)C(=O)O)C(C)O. The number of rotatable bonds is 12. The predicted molar refractivity (Wildman–Crippen MR) is 100 cm³/mol. The number of aliphatic carboxylic acids is 2. The highest BCUT2D eigenvalue weighted by molar-refractivity contribution is 5.94. The molecular weight excluding hydrogens is 388 g/mol. The number of carboxylic acids is 2. The fourth-order valence-electron chi connectivity index (χ4n) is 2.15. The molecule has 0 spiro atoms. The molecule has 166 valence electrons. The Bertz CT molecular complexity index is 623. The third kappa shape index (κ3) is 9.34. The summed E-state index contributed by atoms with van der Waals surface area (Å²) in [7, 11) is 0. The molecule has 0 radical (unpaired) electrons. The Labute approximate surface area is 168 Å². The second kappa shape index (κ2) is 12.0. The molecule has 0 bridgehead atoms. The first kappa shape index (κ1) is 26.3. The van der Waals surface area contributed by atoms with Crippen LogP contribution in [0.25, 0.3) is 0 Å². The van der Waals surface area contributed by atoms with Crippen molar-refractivity contribution in [1.29, 1.82) is 0 Å². The summed E-state index contributed by atoms with van der Waals surface area (Å²) in [4.78, 5) is 58.3. The van der Waals surface area contributed by atoms with Crippen molar-refractivity contribution in [3.8, 4) is 0 Å². The Morgan fingerprint density at radius 1 is 0.862 bits per heavy atom. The van der Waals surface area contributed by atoms with Crippen molar-refractivity contribution in [3.63, 3.8) is 0 Å². The van der Waals surface area contributed by atoms with E-state index in [4.69, 9.17) is 15.9 Å². The van der Waals surface area contributed by atoms with Crippen molar-refractivity contribution in [2.45, 2.75) is 70.8 Å². The standard InChI is InChI=1S/C17H30N4O8/c1-7(2)12(18)15(26)19-8(3)14(25)21-13(9(4)22)16(27)20-10(17(28)29)5-6-11(23)24/h7-10,12-13,22H,5-6,18H2,1-4H3,(H,19,26)(H,20,27)(H,21,25)(H,23,24)(H,28,29). The van der Waals surface area contributed by atoms with Gasteiger partial charge in [-0.3, -0.25) is 19.2 Å². The van der Waals surface area contributed by atoms with Gasteiger partial charge in [0.25, 0.3) is 0 Å². The third-order valence-corrected chi connectivity index (χ3v) is 4.10. The summed E-state index contributed by atoms with van der Waals surface area (Å²) >= 11 is 0. The van der Waals surface area contributed by atoms with Gasteiger partial charge in [0.2, 0.25) is 17.7 Å². The Hall–Kier alpha value is -2.73. The molecule has 0 heterocycles. The molecule has 0 fully saturated rings. The highest BCUT2D eigenvalue weighted by atomic mass is 16.4. The summed E-state index contributed by atoms with van der Waals surface area (Å²) in [5.74, 6) is -5.25. The Morgan fingerprint density at radius 3 is 1.83 bits per heavy atom. The number of carbonyl (C=O) groups excluding carboxylic acids is 3. The van der Waals surface area contributed by atoms with Crippen LogP contribution in [0.15, 0.2) is 0 Å². The third-order valence-electron chi connectivity index (χ3n) is 4.10. The highest BCUT2D eigenvalue weighted by Crippen LogP contribution is 2.03. The lowest BCUT2D eigenvalue weighted by Gasteiger charge is -2.25. The molecule has 0 aliphatic heterocycles. The molecule has 0 aromatic carbocycles. The molecule has 0 saturated heterocycles. The summed E-state index contributed by atoms with van der Waals surface area (Å²) in [5.41, 5.74) is 5.69. The number of nitrogens with two attached hydrogens (primary N) is 1. The number of hydrogen-bond donors (Lipinski definition) is 7. The van der Waals surface area contributed by atoms with E-state index in [0.717, 1.165) is 0 Å². The van der Waals surface area contributed by atoms with Gasteiger partial charge < -0.3 is 37.0 Å². The van der Waals surface area contributed by atoms with Crippen LogP contribution in [0.3, 0.4) is 0 Å². The minimum Gasteiger partial charge on any atom is -0.481 e. The second-order valence-electron chi connectivity index (χ2n) is 7.06. The van der Waals surface area contributed by atoms with Crippen LogP contribution < -0.4 is 21.7 Å². The van der Waals surface area contributed by atoms with E-state index in [0.29, 0.717) is 0 Å². The maximum absolute atomic E-state index is 12.3. The molecule has 0 rings (SSSR count). The Kier molecular flexibility index (Phi) is 10.8. The van der Waals surface area contributed by atoms with Crippen LogP contribution in [-0.2, 0) is 24.0 Å². The zero-order chi connectivity index (χ0) is 22.9. The van der Waals surface area contributed by atoms with E-state index in [-0.39, 0.29) is 12.3 Å². The van der Waals surface area contributed by atoms with Crippen molar-refractivity contribution in [1.82, 2.24) is 16.0 Å². The van der Waals surface area contributed by atoms with Crippen molar-refractivity contribution in [3.05, 3.63) is 0 Å². The second-order valence-corrected chi connectivity index (χ2v) is 7.06. The quantitative estimate of drug-likeness (QED) is 0.183. The number of aliphatic hydroxyl groups excluding tert-OH is 1. The molecule has 3 amide bonds. The van der Waals surface area contributed by atoms with E-state index in [2.05, 4.69) is 16.0 Å². The summed E-state index contributed by atoms with van der Waals surface area (Å²) in [6.07, 6.45) is -2.27. The van der Waals surface area contributed by atoms with Gasteiger partial charge in [-0.05, 0) is 26.2 Å². The van der Waals surface area contributed by atoms with Gasteiger partial charge in [0.1, 0.15) is 18.1 Å². The average Bonchev–Trinajstić information content (AvgIpc) is 2.60. The lowest BCUT2D eigenvalue weighted by molar-refractivity contribution is -0.144. The van der Waals surface area contributed by atoms with E-state index in [9.17, 15) is 29.1 Å². The molecular formula is C17H30N4O8. The molecule has 5 unspecified atom stereocenters. The zero-order valence-corrected chi connectivity index (χ0v) is 16.8. The summed E-state index contributed by atoms with van der Waals surface area (Å²) in [6, 6.07) is -4.96. The number of nitrogens with one attached hydrogen (secondary N) is 3. The predicted octanol–water partition coefficient (Wildman–Crippen LogP) is -2.23. The van der Waals surface area contributed by atoms with Gasteiger partial charge in [0, 0.05) is 6.42 Å². The summed E-state index contributed by atoms with van der Waals surface area (Å²) < 4.78 is 0. The highest BCUT2D eigenvalue weighted by Gasteiger charge is 2.31. The van der Waals surface area contributed by atoms with Crippen molar-refractivity contribution in [2.75, 3.05) is 0 Å². The molecule has 0 aliphatic rings. The molecule has 0 aliphatic carbocycles. The zero-order valence-electron chi connectivity index (χ0n) is 16.8. The smallest absolute Gasteiger partial charge is 0.326 e. The Morgan fingerprint density at radius 2 is 1.41 bits per heavy atom. The largest absolute Gasteiger partial charge is 0.481 e. The first-order chi connectivity index (χ1) is 13.3. The monoisotopic (exact) mass is 418 g/mol.